The zero-order valence-electron chi connectivity index (χ0n) is 48.3. The van der Waals surface area contributed by atoms with E-state index in [2.05, 4.69) is 129 Å². The van der Waals surface area contributed by atoms with Crippen molar-refractivity contribution < 1.29 is 64.6 Å². The molecule has 0 bridgehead atoms. The van der Waals surface area contributed by atoms with Crippen molar-refractivity contribution >= 4 is 5.91 Å². The third kappa shape index (κ3) is 34.4. The highest BCUT2D eigenvalue weighted by atomic mass is 16.7. The fourth-order valence-electron chi connectivity index (χ4n) is 9.03. The van der Waals surface area contributed by atoms with Crippen molar-refractivity contribution in [1.29, 1.82) is 0 Å². The van der Waals surface area contributed by atoms with Crippen LogP contribution in [0.4, 0.5) is 0 Å². The smallest absolute Gasteiger partial charge is 0.220 e. The van der Waals surface area contributed by atoms with E-state index in [-0.39, 0.29) is 18.9 Å². The van der Waals surface area contributed by atoms with E-state index in [1.54, 1.807) is 6.08 Å². The van der Waals surface area contributed by atoms with Crippen LogP contribution in [-0.2, 0) is 23.7 Å². The van der Waals surface area contributed by atoms with Gasteiger partial charge in [0.05, 0.1) is 32.0 Å². The van der Waals surface area contributed by atoms with E-state index in [0.717, 1.165) is 96.3 Å². The highest BCUT2D eigenvalue weighted by Crippen LogP contribution is 2.30. The van der Waals surface area contributed by atoms with Crippen LogP contribution < -0.4 is 5.32 Å². The Morgan fingerprint density at radius 2 is 0.886 bits per heavy atom. The third-order valence-corrected chi connectivity index (χ3v) is 13.9. The molecule has 79 heavy (non-hydrogen) atoms. The Bertz CT molecular complexity index is 1790. The topological polar surface area (TPSA) is 228 Å². The maximum Gasteiger partial charge on any atom is 0.220 e. The molecule has 1 amide bonds. The second kappa shape index (κ2) is 49.0. The number of amides is 1. The quantitative estimate of drug-likeness (QED) is 0.0204. The van der Waals surface area contributed by atoms with Gasteiger partial charge in [0.1, 0.15) is 48.8 Å². The Morgan fingerprint density at radius 3 is 1.39 bits per heavy atom. The molecule has 2 fully saturated rings. The van der Waals surface area contributed by atoms with Crippen molar-refractivity contribution in [2.24, 2.45) is 0 Å². The van der Waals surface area contributed by atoms with Crippen LogP contribution in [0.25, 0.3) is 0 Å². The molecule has 12 unspecified atom stereocenters. The van der Waals surface area contributed by atoms with Gasteiger partial charge in [-0.2, -0.15) is 0 Å². The molecule has 12 atom stereocenters. The van der Waals surface area contributed by atoms with Gasteiger partial charge in [0.25, 0.3) is 0 Å². The minimum Gasteiger partial charge on any atom is -0.394 e. The van der Waals surface area contributed by atoms with Crippen LogP contribution in [0.5, 0.6) is 0 Å². The Balaban J connectivity index is 1.69. The van der Waals surface area contributed by atoms with E-state index in [1.807, 2.05) is 6.08 Å². The molecule has 2 heterocycles. The van der Waals surface area contributed by atoms with E-state index >= 15 is 0 Å². The number of carbonyl (C=O) groups excluding carboxylic acids is 1. The number of hydrogen-bond acceptors (Lipinski definition) is 13. The number of aliphatic hydroxyl groups excluding tert-OH is 8. The van der Waals surface area contributed by atoms with Gasteiger partial charge in [-0.15, -0.1) is 0 Å². The Labute approximate surface area is 476 Å². The Morgan fingerprint density at radius 1 is 0.468 bits per heavy atom. The SMILES string of the molecule is CC/C=C\C/C=C\C/C=C\C/C=C\C/C=C\C/C=C\C/C=C\C/C=C\CCCCCCCCCCC(=O)NC(COC1OC(CO)C(OC2OC(CO)C(O)C(O)C2O)C(O)C1O)C(O)/C=C/CC/C=C/CCCCCCCC. The first kappa shape index (κ1) is 71.5. The Kier molecular flexibility index (Phi) is 44.4. The molecule has 9 N–H and O–H groups in total. The summed E-state index contributed by atoms with van der Waals surface area (Å²) >= 11 is 0. The number of allylic oxidation sites excluding steroid dienone is 19. The molecular formula is C65H107NO13. The second-order valence-corrected chi connectivity index (χ2v) is 20.7. The molecule has 0 aromatic carbocycles. The first-order chi connectivity index (χ1) is 38.6. The number of ether oxygens (including phenoxy) is 4. The van der Waals surface area contributed by atoms with E-state index in [1.165, 1.54) is 57.8 Å². The zero-order valence-corrected chi connectivity index (χ0v) is 48.3. The van der Waals surface area contributed by atoms with Crippen molar-refractivity contribution in [2.75, 3.05) is 19.8 Å². The standard InChI is InChI=1S/C65H107NO13/c1-3-5-7-9-11-13-15-17-18-19-20-21-22-23-24-25-26-27-28-29-30-31-32-33-34-35-36-37-39-41-43-45-47-49-57(70)66-53(54(69)48-46-44-42-40-38-16-14-12-10-8-6-4-2)52-76-64-62(75)60(73)63(56(51-68)78-64)79-65-61(74)59(72)58(71)55(50-67)77-65/h5,7,11,13,17-18,20-21,23-24,26-27,29-30,32-33,38,40,46,48,53-56,58-65,67-69,71-75H,3-4,6,8-10,12,14-16,19,22,25,28,31,34-37,39,41-45,47,49-52H2,1-2H3,(H,66,70)/b7-5-,13-11-,18-17-,21-20-,24-23-,27-26-,30-29-,33-32-,40-38+,48-46+. The van der Waals surface area contributed by atoms with Gasteiger partial charge >= 0.3 is 0 Å². The first-order valence-corrected chi connectivity index (χ1v) is 30.3. The number of rotatable bonds is 46. The molecule has 14 nitrogen and oxygen atoms in total. The van der Waals surface area contributed by atoms with Crippen LogP contribution in [0.1, 0.15) is 187 Å². The summed E-state index contributed by atoms with van der Waals surface area (Å²) in [4.78, 5) is 13.2. The van der Waals surface area contributed by atoms with Gasteiger partial charge in [-0.1, -0.05) is 206 Å². The molecule has 0 aromatic rings. The molecule has 0 spiro atoms. The molecule has 0 radical (unpaired) electrons. The number of hydrogen-bond donors (Lipinski definition) is 9. The molecule has 2 saturated heterocycles. The molecule has 0 saturated carbocycles. The van der Waals surface area contributed by atoms with Crippen LogP contribution in [0, 0.1) is 0 Å². The summed E-state index contributed by atoms with van der Waals surface area (Å²) in [6, 6.07) is -0.944. The lowest BCUT2D eigenvalue weighted by Crippen LogP contribution is -2.65. The largest absolute Gasteiger partial charge is 0.394 e. The van der Waals surface area contributed by atoms with Gasteiger partial charge in [-0.25, -0.2) is 0 Å². The van der Waals surface area contributed by atoms with Crippen molar-refractivity contribution in [3.63, 3.8) is 0 Å². The predicted octanol–water partition coefficient (Wildman–Crippen LogP) is 10.6. The lowest BCUT2D eigenvalue weighted by atomic mass is 9.97. The van der Waals surface area contributed by atoms with Crippen LogP contribution in [0.2, 0.25) is 0 Å². The maximum atomic E-state index is 13.2. The number of carbonyl (C=O) groups is 1. The summed E-state index contributed by atoms with van der Waals surface area (Å²) in [6.07, 6.45) is 53.9. The lowest BCUT2D eigenvalue weighted by Gasteiger charge is -2.46. The second-order valence-electron chi connectivity index (χ2n) is 20.7. The molecule has 2 aliphatic rings. The molecule has 450 valence electrons. The van der Waals surface area contributed by atoms with Gasteiger partial charge < -0.3 is 65.1 Å². The average molecular weight is 1110 g/mol. The molecule has 0 aliphatic carbocycles. The summed E-state index contributed by atoms with van der Waals surface area (Å²) in [5.74, 6) is -0.265. The average Bonchev–Trinajstić information content (AvgIpc) is 3.49. The van der Waals surface area contributed by atoms with Crippen LogP contribution in [-0.4, -0.2) is 140 Å². The normalized spacial score (nSPS) is 25.3. The van der Waals surface area contributed by atoms with E-state index in [0.29, 0.717) is 12.8 Å². The van der Waals surface area contributed by atoms with Crippen molar-refractivity contribution in [3.8, 4) is 0 Å². The van der Waals surface area contributed by atoms with E-state index in [4.69, 9.17) is 18.9 Å². The summed E-state index contributed by atoms with van der Waals surface area (Å²) in [5, 5.41) is 86.9. The van der Waals surface area contributed by atoms with Gasteiger partial charge in [-0.3, -0.25) is 4.79 Å². The highest BCUT2D eigenvalue weighted by molar-refractivity contribution is 5.76. The number of nitrogens with one attached hydrogen (secondary N) is 1. The zero-order chi connectivity index (χ0) is 57.4. The monoisotopic (exact) mass is 1110 g/mol. The highest BCUT2D eigenvalue weighted by Gasteiger charge is 2.51. The lowest BCUT2D eigenvalue weighted by molar-refractivity contribution is -0.359. The minimum absolute atomic E-state index is 0.255. The van der Waals surface area contributed by atoms with Gasteiger partial charge in [0.2, 0.25) is 5.91 Å². The van der Waals surface area contributed by atoms with E-state index in [9.17, 15) is 45.6 Å². The molecular weight excluding hydrogens is 1000 g/mol. The summed E-state index contributed by atoms with van der Waals surface area (Å²) in [5.41, 5.74) is 0. The van der Waals surface area contributed by atoms with Crippen LogP contribution in [0.15, 0.2) is 122 Å². The fraction of sp³-hybridized carbons (Fsp3) is 0.677. The van der Waals surface area contributed by atoms with E-state index < -0.39 is 86.8 Å². The predicted molar refractivity (Wildman–Crippen MR) is 318 cm³/mol. The molecule has 0 aromatic heterocycles. The fourth-order valence-corrected chi connectivity index (χ4v) is 9.03. The van der Waals surface area contributed by atoms with Crippen molar-refractivity contribution in [2.45, 2.75) is 261 Å². The number of unbranched alkanes of at least 4 members (excludes halogenated alkanes) is 15. The Hall–Kier alpha value is -3.61. The van der Waals surface area contributed by atoms with Crippen molar-refractivity contribution in [3.05, 3.63) is 122 Å². The van der Waals surface area contributed by atoms with Crippen LogP contribution in [0.3, 0.4) is 0 Å². The molecule has 14 heteroatoms. The first-order valence-electron chi connectivity index (χ1n) is 30.3. The summed E-state index contributed by atoms with van der Waals surface area (Å²) in [6.45, 7) is 2.61. The molecule has 2 rings (SSSR count). The minimum atomic E-state index is -1.80. The van der Waals surface area contributed by atoms with Gasteiger partial charge in [0.15, 0.2) is 12.6 Å². The summed E-state index contributed by atoms with van der Waals surface area (Å²) in [7, 11) is 0. The van der Waals surface area contributed by atoms with Crippen molar-refractivity contribution in [1.82, 2.24) is 5.32 Å². The van der Waals surface area contributed by atoms with Crippen LogP contribution >= 0.6 is 0 Å². The third-order valence-electron chi connectivity index (χ3n) is 13.9. The van der Waals surface area contributed by atoms with Gasteiger partial charge in [-0.05, 0) is 96.3 Å². The maximum absolute atomic E-state index is 13.2. The summed E-state index contributed by atoms with van der Waals surface area (Å²) < 4.78 is 22.7. The molecule has 2 aliphatic heterocycles. The van der Waals surface area contributed by atoms with Gasteiger partial charge in [0, 0.05) is 6.42 Å². The number of aliphatic hydroxyl groups is 8.